The molecule has 1 saturated carbocycles. The normalized spacial score (nSPS) is 16.6. The maximum absolute atomic E-state index is 2.48. The van der Waals surface area contributed by atoms with Crippen LogP contribution in [0.25, 0.3) is 17.2 Å². The van der Waals surface area contributed by atoms with Gasteiger partial charge in [-0.05, 0) is 59.1 Å². The summed E-state index contributed by atoms with van der Waals surface area (Å²) in [5, 5.41) is 0. The minimum atomic E-state index is 0. The molecule has 0 amide bonds. The molecular weight excluding hydrogens is 404 g/mol. The van der Waals surface area contributed by atoms with Crippen molar-refractivity contribution in [3.05, 3.63) is 70.6 Å². The first-order valence-corrected chi connectivity index (χ1v) is 10.5. The predicted molar refractivity (Wildman–Crippen MR) is 113 cm³/mol. The molecule has 0 heterocycles. The van der Waals surface area contributed by atoms with Crippen molar-refractivity contribution in [1.29, 1.82) is 0 Å². The molecule has 0 saturated heterocycles. The van der Waals surface area contributed by atoms with Crippen molar-refractivity contribution in [3.8, 4) is 11.1 Å². The molecule has 0 spiro atoms. The quantitative estimate of drug-likeness (QED) is 0.456. The van der Waals surface area contributed by atoms with E-state index in [2.05, 4.69) is 62.7 Å². The van der Waals surface area contributed by atoms with Gasteiger partial charge in [0, 0.05) is 32.6 Å². The smallest absolute Gasteiger partial charge is 0.0167 e. The number of hydrogen-bond donors (Lipinski definition) is 0. The van der Waals surface area contributed by atoms with Crippen LogP contribution in [0.3, 0.4) is 0 Å². The topological polar surface area (TPSA) is 0 Å². The van der Waals surface area contributed by atoms with E-state index in [1.807, 2.05) is 0 Å². The SMILES string of the molecule is CCCc1ccc(-c2ccc(C)c3c2C=C(CC2CCCCC2)[CH]3)cc1.[Zr]. The van der Waals surface area contributed by atoms with Crippen LogP contribution in [0.15, 0.2) is 42.0 Å². The molecule has 0 N–H and O–H groups in total. The number of hydrogen-bond acceptors (Lipinski definition) is 0. The first-order valence-electron chi connectivity index (χ1n) is 10.5. The molecule has 2 aliphatic carbocycles. The summed E-state index contributed by atoms with van der Waals surface area (Å²) < 4.78 is 0. The van der Waals surface area contributed by atoms with Crippen molar-refractivity contribution in [2.24, 2.45) is 5.92 Å². The maximum Gasteiger partial charge on any atom is 0.0167 e. The van der Waals surface area contributed by atoms with E-state index in [0.29, 0.717) is 0 Å². The molecule has 0 nitrogen and oxygen atoms in total. The van der Waals surface area contributed by atoms with E-state index in [4.69, 9.17) is 0 Å². The molecule has 27 heavy (non-hydrogen) atoms. The number of allylic oxidation sites excluding steroid dienone is 1. The Kier molecular flexibility index (Phi) is 7.32. The fourth-order valence-electron chi connectivity index (χ4n) is 4.74. The molecule has 1 fully saturated rings. The average molecular weight is 435 g/mol. The van der Waals surface area contributed by atoms with E-state index in [0.717, 1.165) is 5.92 Å². The van der Waals surface area contributed by atoms with E-state index in [-0.39, 0.29) is 26.2 Å². The number of fused-ring (bicyclic) bond motifs is 1. The zero-order valence-electron chi connectivity index (χ0n) is 16.9. The van der Waals surface area contributed by atoms with Crippen molar-refractivity contribution in [1.82, 2.24) is 0 Å². The number of aryl methyl sites for hydroxylation is 2. The van der Waals surface area contributed by atoms with Crippen molar-refractivity contribution in [2.75, 3.05) is 0 Å². The van der Waals surface area contributed by atoms with Crippen LogP contribution < -0.4 is 0 Å². The molecule has 2 aliphatic rings. The Balaban J connectivity index is 0.00000210. The summed E-state index contributed by atoms with van der Waals surface area (Å²) in [5.74, 6) is 0.901. The summed E-state index contributed by atoms with van der Waals surface area (Å²) in [6.07, 6.45) is 15.7. The van der Waals surface area contributed by atoms with Crippen LogP contribution in [0.2, 0.25) is 0 Å². The van der Waals surface area contributed by atoms with E-state index >= 15 is 0 Å². The van der Waals surface area contributed by atoms with Crippen LogP contribution in [0.5, 0.6) is 0 Å². The molecule has 1 radical (unpaired) electrons. The zero-order chi connectivity index (χ0) is 17.9. The molecule has 4 rings (SSSR count). The van der Waals surface area contributed by atoms with Gasteiger partial charge >= 0.3 is 0 Å². The van der Waals surface area contributed by atoms with E-state index < -0.39 is 0 Å². The van der Waals surface area contributed by atoms with Crippen molar-refractivity contribution >= 4 is 6.08 Å². The molecule has 1 heteroatoms. The Hall–Kier alpha value is -0.937. The van der Waals surface area contributed by atoms with Crippen LogP contribution in [-0.2, 0) is 32.6 Å². The molecule has 0 bridgehead atoms. The number of rotatable bonds is 5. The van der Waals surface area contributed by atoms with Crippen LogP contribution in [0, 0.1) is 19.3 Å². The minimum absolute atomic E-state index is 0. The van der Waals surface area contributed by atoms with Gasteiger partial charge in [-0.2, -0.15) is 0 Å². The fourth-order valence-corrected chi connectivity index (χ4v) is 4.74. The molecule has 0 unspecified atom stereocenters. The first-order chi connectivity index (χ1) is 12.7. The van der Waals surface area contributed by atoms with Crippen LogP contribution in [0.4, 0.5) is 0 Å². The largest absolute Gasteiger partial charge is 0.0651 e. The first kappa shape index (κ1) is 20.8. The second kappa shape index (κ2) is 9.51. The molecule has 2 aromatic carbocycles. The van der Waals surface area contributed by atoms with Gasteiger partial charge < -0.3 is 0 Å². The maximum atomic E-state index is 2.48. The van der Waals surface area contributed by atoms with Gasteiger partial charge in [0.25, 0.3) is 0 Å². The van der Waals surface area contributed by atoms with Crippen LogP contribution >= 0.6 is 0 Å². The Labute approximate surface area is 184 Å². The van der Waals surface area contributed by atoms with Gasteiger partial charge in [-0.25, -0.2) is 0 Å². The summed E-state index contributed by atoms with van der Waals surface area (Å²) in [6, 6.07) is 13.8. The fraction of sp³-hybridized carbons (Fsp3) is 0.423. The molecule has 2 aromatic rings. The van der Waals surface area contributed by atoms with E-state index in [9.17, 15) is 0 Å². The Morgan fingerprint density at radius 2 is 1.63 bits per heavy atom. The summed E-state index contributed by atoms with van der Waals surface area (Å²) in [5.41, 5.74) is 10.0. The third kappa shape index (κ3) is 4.73. The van der Waals surface area contributed by atoms with Gasteiger partial charge in [-0.3, -0.25) is 0 Å². The summed E-state index contributed by atoms with van der Waals surface area (Å²) in [4.78, 5) is 0. The summed E-state index contributed by atoms with van der Waals surface area (Å²) in [6.45, 7) is 4.50. The van der Waals surface area contributed by atoms with Gasteiger partial charge in [0.15, 0.2) is 0 Å². The van der Waals surface area contributed by atoms with Crippen LogP contribution in [-0.4, -0.2) is 0 Å². The molecule has 0 atom stereocenters. The summed E-state index contributed by atoms with van der Waals surface area (Å²) in [7, 11) is 0. The van der Waals surface area contributed by atoms with Gasteiger partial charge in [0.05, 0.1) is 0 Å². The van der Waals surface area contributed by atoms with E-state index in [1.165, 1.54) is 84.7 Å². The van der Waals surface area contributed by atoms with Crippen LogP contribution in [0.1, 0.15) is 74.1 Å². The second-order valence-corrected chi connectivity index (χ2v) is 8.28. The average Bonchev–Trinajstić information content (AvgIpc) is 3.08. The third-order valence-electron chi connectivity index (χ3n) is 6.22. The number of benzene rings is 2. The van der Waals surface area contributed by atoms with Gasteiger partial charge in [-0.15, -0.1) is 0 Å². The zero-order valence-corrected chi connectivity index (χ0v) is 19.3. The Morgan fingerprint density at radius 3 is 2.33 bits per heavy atom. The monoisotopic (exact) mass is 433 g/mol. The molecule has 139 valence electrons. The van der Waals surface area contributed by atoms with E-state index in [1.54, 1.807) is 5.57 Å². The Bertz CT molecular complexity index is 792. The summed E-state index contributed by atoms with van der Waals surface area (Å²) >= 11 is 0. The second-order valence-electron chi connectivity index (χ2n) is 8.28. The molecular formula is C26H31Zr. The Morgan fingerprint density at radius 1 is 0.889 bits per heavy atom. The van der Waals surface area contributed by atoms with Crippen molar-refractivity contribution in [3.63, 3.8) is 0 Å². The van der Waals surface area contributed by atoms with Gasteiger partial charge in [-0.1, -0.05) is 93.5 Å². The molecule has 0 aromatic heterocycles. The van der Waals surface area contributed by atoms with Crippen molar-refractivity contribution in [2.45, 2.75) is 65.2 Å². The molecule has 0 aliphatic heterocycles. The predicted octanol–water partition coefficient (Wildman–Crippen LogP) is 7.53. The minimum Gasteiger partial charge on any atom is -0.0651 e. The standard InChI is InChI=1S/C26H31.Zr/c1-3-7-20-11-13-23(14-12-20)24-15-10-19(2)25-17-22(18-26(24)25)16-21-8-5-4-6-9-21;/h10-15,17-18,21H,3-9,16H2,1-2H3;. The van der Waals surface area contributed by atoms with Crippen molar-refractivity contribution < 1.29 is 26.2 Å². The van der Waals surface area contributed by atoms with Gasteiger partial charge in [0.2, 0.25) is 0 Å². The van der Waals surface area contributed by atoms with Gasteiger partial charge in [0.1, 0.15) is 0 Å². The third-order valence-corrected chi connectivity index (χ3v) is 6.22.